The van der Waals surface area contributed by atoms with Crippen molar-refractivity contribution >= 4 is 17.5 Å². The number of halogens is 1. The predicted octanol–water partition coefficient (Wildman–Crippen LogP) is 3.88. The molecule has 0 spiro atoms. The monoisotopic (exact) mass is 327 g/mol. The molecule has 1 atom stereocenters. The molecule has 0 aliphatic rings. The third-order valence-corrected chi connectivity index (χ3v) is 3.55. The first kappa shape index (κ1) is 15.2. The Morgan fingerprint density at radius 2 is 1.83 bits per heavy atom. The fourth-order valence-corrected chi connectivity index (χ4v) is 2.18. The highest BCUT2D eigenvalue weighted by Crippen LogP contribution is 2.20. The van der Waals surface area contributed by atoms with E-state index in [4.69, 9.17) is 16.1 Å². The normalized spacial score (nSPS) is 11.9. The number of aromatic nitrogens is 2. The second-order valence-corrected chi connectivity index (χ2v) is 5.46. The first-order valence-electron chi connectivity index (χ1n) is 7.09. The van der Waals surface area contributed by atoms with E-state index in [1.807, 2.05) is 30.3 Å². The van der Waals surface area contributed by atoms with Crippen molar-refractivity contribution in [2.75, 3.05) is 0 Å². The van der Waals surface area contributed by atoms with Gasteiger partial charge in [-0.05, 0) is 43.3 Å². The Morgan fingerprint density at radius 3 is 2.52 bits per heavy atom. The van der Waals surface area contributed by atoms with Crippen molar-refractivity contribution in [2.24, 2.45) is 0 Å². The van der Waals surface area contributed by atoms with Crippen LogP contribution in [0.4, 0.5) is 0 Å². The highest BCUT2D eigenvalue weighted by molar-refractivity contribution is 6.30. The van der Waals surface area contributed by atoms with Gasteiger partial charge < -0.3 is 9.84 Å². The second kappa shape index (κ2) is 6.62. The summed E-state index contributed by atoms with van der Waals surface area (Å²) in [5, 5.41) is 7.41. The minimum atomic E-state index is -0.392. The summed E-state index contributed by atoms with van der Waals surface area (Å²) in [5.74, 6) is 0.612. The average Bonchev–Trinajstić information content (AvgIpc) is 3.06. The quantitative estimate of drug-likeness (QED) is 0.789. The van der Waals surface area contributed by atoms with Gasteiger partial charge in [0.1, 0.15) is 6.04 Å². The summed E-state index contributed by atoms with van der Waals surface area (Å²) in [7, 11) is 0. The molecule has 0 aliphatic heterocycles. The number of nitrogens with zero attached hydrogens (tertiary/aromatic N) is 2. The number of nitrogens with one attached hydrogen (secondary N) is 1. The molecule has 0 radical (unpaired) electrons. The van der Waals surface area contributed by atoms with Crippen LogP contribution in [0.2, 0.25) is 5.02 Å². The molecule has 1 amide bonds. The van der Waals surface area contributed by atoms with E-state index in [0.717, 1.165) is 5.56 Å². The number of amides is 1. The van der Waals surface area contributed by atoms with Gasteiger partial charge in [-0.3, -0.25) is 4.79 Å². The lowest BCUT2D eigenvalue weighted by molar-refractivity contribution is 0.0932. The van der Waals surface area contributed by atoms with E-state index in [9.17, 15) is 4.79 Å². The van der Waals surface area contributed by atoms with Crippen molar-refractivity contribution in [2.45, 2.75) is 13.0 Å². The molecule has 0 aliphatic carbocycles. The fourth-order valence-electron chi connectivity index (χ4n) is 2.06. The molecule has 0 fully saturated rings. The molecule has 23 heavy (non-hydrogen) atoms. The second-order valence-electron chi connectivity index (χ2n) is 5.02. The molecule has 1 heterocycles. The van der Waals surface area contributed by atoms with E-state index in [0.29, 0.717) is 22.3 Å². The topological polar surface area (TPSA) is 68.0 Å². The van der Waals surface area contributed by atoms with E-state index >= 15 is 0 Å². The molecule has 0 saturated carbocycles. The van der Waals surface area contributed by atoms with Crippen LogP contribution in [0, 0.1) is 0 Å². The highest BCUT2D eigenvalue weighted by atomic mass is 35.5. The maximum Gasteiger partial charge on any atom is 0.251 e. The fraction of sp³-hybridized carbons (Fsp3) is 0.118. The molecule has 0 bridgehead atoms. The number of carbonyl (C=O) groups is 1. The molecule has 3 aromatic rings. The molecule has 2 aromatic carbocycles. The largest absolute Gasteiger partial charge is 0.341 e. The summed E-state index contributed by atoms with van der Waals surface area (Å²) in [5.41, 5.74) is 1.38. The van der Waals surface area contributed by atoms with Crippen LogP contribution in [-0.2, 0) is 0 Å². The van der Waals surface area contributed by atoms with E-state index in [-0.39, 0.29) is 5.91 Å². The highest BCUT2D eigenvalue weighted by Gasteiger charge is 2.18. The van der Waals surface area contributed by atoms with Gasteiger partial charge in [-0.1, -0.05) is 35.0 Å². The van der Waals surface area contributed by atoms with Gasteiger partial charge >= 0.3 is 0 Å². The van der Waals surface area contributed by atoms with Crippen molar-refractivity contribution < 1.29 is 9.32 Å². The van der Waals surface area contributed by atoms with Crippen molar-refractivity contribution in [3.63, 3.8) is 0 Å². The lowest BCUT2D eigenvalue weighted by atomic mass is 10.2. The van der Waals surface area contributed by atoms with Crippen LogP contribution in [-0.4, -0.2) is 16.0 Å². The Labute approximate surface area is 138 Å². The molecule has 116 valence electrons. The minimum Gasteiger partial charge on any atom is -0.341 e. The number of rotatable bonds is 4. The Hall–Kier alpha value is -2.66. The van der Waals surface area contributed by atoms with Gasteiger partial charge in [-0.2, -0.15) is 4.98 Å². The zero-order chi connectivity index (χ0) is 16.2. The van der Waals surface area contributed by atoms with Crippen LogP contribution in [0.25, 0.3) is 11.4 Å². The molecule has 5 nitrogen and oxygen atoms in total. The lowest BCUT2D eigenvalue weighted by Gasteiger charge is -2.09. The number of hydrogen-bond acceptors (Lipinski definition) is 4. The van der Waals surface area contributed by atoms with E-state index in [1.165, 1.54) is 0 Å². The maximum atomic E-state index is 12.1. The summed E-state index contributed by atoms with van der Waals surface area (Å²) in [4.78, 5) is 16.4. The van der Waals surface area contributed by atoms with E-state index < -0.39 is 6.04 Å². The molecule has 1 aromatic heterocycles. The molecule has 6 heteroatoms. The molecule has 0 unspecified atom stereocenters. The summed E-state index contributed by atoms with van der Waals surface area (Å²) in [6, 6.07) is 15.7. The van der Waals surface area contributed by atoms with Crippen LogP contribution in [0.15, 0.2) is 59.1 Å². The summed E-state index contributed by atoms with van der Waals surface area (Å²) in [6.07, 6.45) is 0. The average molecular weight is 328 g/mol. The van der Waals surface area contributed by atoms with Crippen LogP contribution in [0.1, 0.15) is 29.2 Å². The van der Waals surface area contributed by atoms with Gasteiger partial charge in [0, 0.05) is 16.1 Å². The van der Waals surface area contributed by atoms with Gasteiger partial charge in [-0.25, -0.2) is 0 Å². The standard InChI is InChI=1S/C17H14ClN3O2/c1-11(19-16(22)13-5-3-2-4-6-13)17-20-15(21-23-17)12-7-9-14(18)10-8-12/h2-11H,1H3,(H,19,22)/t11-/m0/s1. The van der Waals surface area contributed by atoms with Crippen LogP contribution in [0.3, 0.4) is 0 Å². The zero-order valence-electron chi connectivity index (χ0n) is 12.4. The van der Waals surface area contributed by atoms with Crippen molar-refractivity contribution in [3.05, 3.63) is 71.1 Å². The molecular formula is C17H14ClN3O2. The molecule has 3 rings (SSSR count). The molecular weight excluding hydrogens is 314 g/mol. The minimum absolute atomic E-state index is 0.190. The van der Waals surface area contributed by atoms with E-state index in [2.05, 4.69) is 15.5 Å². The molecule has 1 N–H and O–H groups in total. The van der Waals surface area contributed by atoms with E-state index in [1.54, 1.807) is 31.2 Å². The smallest absolute Gasteiger partial charge is 0.251 e. The molecule has 0 saturated heterocycles. The first-order valence-corrected chi connectivity index (χ1v) is 7.47. The Balaban J connectivity index is 1.72. The van der Waals surface area contributed by atoms with Gasteiger partial charge in [0.15, 0.2) is 0 Å². The lowest BCUT2D eigenvalue weighted by Crippen LogP contribution is -2.26. The number of carbonyl (C=O) groups excluding carboxylic acids is 1. The Kier molecular flexibility index (Phi) is 4.39. The Morgan fingerprint density at radius 1 is 1.13 bits per heavy atom. The Bertz CT molecular complexity index is 800. The first-order chi connectivity index (χ1) is 11.1. The third-order valence-electron chi connectivity index (χ3n) is 3.30. The van der Waals surface area contributed by atoms with Crippen molar-refractivity contribution in [3.8, 4) is 11.4 Å². The maximum absolute atomic E-state index is 12.1. The summed E-state index contributed by atoms with van der Waals surface area (Å²) in [6.45, 7) is 1.79. The summed E-state index contributed by atoms with van der Waals surface area (Å²) < 4.78 is 5.24. The van der Waals surface area contributed by atoms with Crippen molar-refractivity contribution in [1.29, 1.82) is 0 Å². The van der Waals surface area contributed by atoms with Gasteiger partial charge in [0.05, 0.1) is 0 Å². The van der Waals surface area contributed by atoms with Gasteiger partial charge in [0.2, 0.25) is 11.7 Å². The van der Waals surface area contributed by atoms with Crippen LogP contribution < -0.4 is 5.32 Å². The van der Waals surface area contributed by atoms with Crippen LogP contribution in [0.5, 0.6) is 0 Å². The predicted molar refractivity (Wildman–Crippen MR) is 87.1 cm³/mol. The summed E-state index contributed by atoms with van der Waals surface area (Å²) >= 11 is 5.86. The van der Waals surface area contributed by atoms with Gasteiger partial charge in [-0.15, -0.1) is 0 Å². The number of hydrogen-bond donors (Lipinski definition) is 1. The SMILES string of the molecule is C[C@H](NC(=O)c1ccccc1)c1nc(-c2ccc(Cl)cc2)no1. The zero-order valence-corrected chi connectivity index (χ0v) is 13.1. The van der Waals surface area contributed by atoms with Gasteiger partial charge in [0.25, 0.3) is 5.91 Å². The number of benzene rings is 2. The van der Waals surface area contributed by atoms with Crippen LogP contribution >= 0.6 is 11.6 Å². The third kappa shape index (κ3) is 3.57. The van der Waals surface area contributed by atoms with Crippen molar-refractivity contribution in [1.82, 2.24) is 15.5 Å².